The van der Waals surface area contributed by atoms with Crippen molar-refractivity contribution < 1.29 is 4.79 Å². The summed E-state index contributed by atoms with van der Waals surface area (Å²) in [4.78, 5) is 13.1. The van der Waals surface area contributed by atoms with Gasteiger partial charge in [0.15, 0.2) is 0 Å². The van der Waals surface area contributed by atoms with E-state index in [1.165, 1.54) is 12.8 Å². The molecule has 3 nitrogen and oxygen atoms in total. The Morgan fingerprint density at radius 2 is 2.31 bits per heavy atom. The predicted octanol–water partition coefficient (Wildman–Crippen LogP) is 1.30. The second-order valence-electron chi connectivity index (χ2n) is 4.07. The molecule has 0 radical (unpaired) electrons. The fraction of sp³-hybridized carbons (Fsp3) is 0.800. The average Bonchev–Trinajstić information content (AvgIpc) is 2.59. The van der Waals surface area contributed by atoms with Crippen molar-refractivity contribution in [3.05, 3.63) is 0 Å². The fourth-order valence-corrected chi connectivity index (χ4v) is 2.86. The molecule has 0 N–H and O–H groups in total. The van der Waals surface area contributed by atoms with Gasteiger partial charge in [-0.1, -0.05) is 6.42 Å². The summed E-state index contributed by atoms with van der Waals surface area (Å²) in [6.07, 6.45) is 4.42. The third-order valence-corrected chi connectivity index (χ3v) is 3.35. The summed E-state index contributed by atoms with van der Waals surface area (Å²) >= 11 is 0. The third kappa shape index (κ3) is 1.21. The van der Waals surface area contributed by atoms with Crippen LogP contribution in [0.15, 0.2) is 0 Å². The summed E-state index contributed by atoms with van der Waals surface area (Å²) in [5.74, 6) is 0.675. The van der Waals surface area contributed by atoms with E-state index in [2.05, 4.69) is 6.07 Å². The molecule has 1 amide bonds. The van der Waals surface area contributed by atoms with E-state index in [1.807, 2.05) is 0 Å². The van der Waals surface area contributed by atoms with Crippen molar-refractivity contribution >= 4 is 5.91 Å². The minimum absolute atomic E-state index is 0.0703. The first-order chi connectivity index (χ1) is 6.24. The van der Waals surface area contributed by atoms with Crippen LogP contribution in [0.5, 0.6) is 0 Å². The van der Waals surface area contributed by atoms with Gasteiger partial charge in [-0.3, -0.25) is 4.79 Å². The monoisotopic (exact) mass is 178 g/mol. The molecule has 0 aromatic carbocycles. The van der Waals surface area contributed by atoms with Crippen LogP contribution in [-0.4, -0.2) is 22.9 Å². The highest BCUT2D eigenvalue weighted by Crippen LogP contribution is 2.40. The van der Waals surface area contributed by atoms with Gasteiger partial charge in [0, 0.05) is 13.0 Å². The van der Waals surface area contributed by atoms with Crippen LogP contribution < -0.4 is 0 Å². The molecule has 0 spiro atoms. The molecule has 3 atom stereocenters. The third-order valence-electron chi connectivity index (χ3n) is 3.35. The number of hydrogen-bond donors (Lipinski definition) is 0. The SMILES string of the molecule is CC(=O)N1[C@@H]2CCC[C@H]2C[C@@H]1C#N. The lowest BCUT2D eigenvalue weighted by atomic mass is 10.0. The molecule has 2 fully saturated rings. The van der Waals surface area contributed by atoms with E-state index in [-0.39, 0.29) is 11.9 Å². The molecule has 1 saturated heterocycles. The van der Waals surface area contributed by atoms with Crippen LogP contribution in [0.25, 0.3) is 0 Å². The van der Waals surface area contributed by atoms with Crippen molar-refractivity contribution in [3.63, 3.8) is 0 Å². The van der Waals surface area contributed by atoms with Gasteiger partial charge in [0.25, 0.3) is 0 Å². The molecule has 1 aliphatic carbocycles. The van der Waals surface area contributed by atoms with E-state index in [4.69, 9.17) is 5.26 Å². The zero-order chi connectivity index (χ0) is 9.42. The Kier molecular flexibility index (Phi) is 1.99. The van der Waals surface area contributed by atoms with Crippen LogP contribution >= 0.6 is 0 Å². The maximum atomic E-state index is 11.3. The Bertz CT molecular complexity index is 269. The van der Waals surface area contributed by atoms with E-state index in [9.17, 15) is 4.79 Å². The van der Waals surface area contributed by atoms with Gasteiger partial charge in [0.05, 0.1) is 6.07 Å². The topological polar surface area (TPSA) is 44.1 Å². The van der Waals surface area contributed by atoms with Crippen LogP contribution in [0.3, 0.4) is 0 Å². The molecule has 0 unspecified atom stereocenters. The lowest BCUT2D eigenvalue weighted by Gasteiger charge is -2.24. The van der Waals surface area contributed by atoms with E-state index < -0.39 is 0 Å². The lowest BCUT2D eigenvalue weighted by molar-refractivity contribution is -0.130. The molecule has 0 aromatic heterocycles. The molecule has 13 heavy (non-hydrogen) atoms. The molecule has 1 saturated carbocycles. The first-order valence-corrected chi connectivity index (χ1v) is 4.92. The van der Waals surface area contributed by atoms with Crippen LogP contribution in [-0.2, 0) is 4.79 Å². The van der Waals surface area contributed by atoms with Gasteiger partial charge in [-0.2, -0.15) is 5.26 Å². The summed E-state index contributed by atoms with van der Waals surface area (Å²) in [6, 6.07) is 2.46. The zero-order valence-electron chi connectivity index (χ0n) is 7.86. The number of rotatable bonds is 0. The van der Waals surface area contributed by atoms with Crippen LogP contribution in [0.4, 0.5) is 0 Å². The van der Waals surface area contributed by atoms with E-state index in [1.54, 1.807) is 11.8 Å². The summed E-state index contributed by atoms with van der Waals surface area (Å²) in [5, 5.41) is 8.90. The van der Waals surface area contributed by atoms with Crippen LogP contribution in [0.2, 0.25) is 0 Å². The number of fused-ring (bicyclic) bond motifs is 1. The average molecular weight is 178 g/mol. The molecule has 0 bridgehead atoms. The Morgan fingerprint density at radius 1 is 1.54 bits per heavy atom. The number of carbonyl (C=O) groups is 1. The van der Waals surface area contributed by atoms with Gasteiger partial charge in [-0.05, 0) is 25.2 Å². The molecular weight excluding hydrogens is 164 g/mol. The minimum Gasteiger partial charge on any atom is -0.324 e. The summed E-state index contributed by atoms with van der Waals surface area (Å²) in [6.45, 7) is 1.57. The predicted molar refractivity (Wildman–Crippen MR) is 47.7 cm³/mol. The molecule has 3 heteroatoms. The Hall–Kier alpha value is -1.04. The van der Waals surface area contributed by atoms with Crippen molar-refractivity contribution in [2.24, 2.45) is 5.92 Å². The summed E-state index contributed by atoms with van der Waals surface area (Å²) < 4.78 is 0. The molecule has 70 valence electrons. The van der Waals surface area contributed by atoms with Gasteiger partial charge in [-0.15, -0.1) is 0 Å². The summed E-state index contributed by atoms with van der Waals surface area (Å²) in [7, 11) is 0. The quantitative estimate of drug-likeness (QED) is 0.561. The van der Waals surface area contributed by atoms with Crippen molar-refractivity contribution in [2.75, 3.05) is 0 Å². The lowest BCUT2D eigenvalue weighted by Crippen LogP contribution is -2.39. The Balaban J connectivity index is 2.20. The number of amides is 1. The van der Waals surface area contributed by atoms with E-state index in [0.29, 0.717) is 12.0 Å². The van der Waals surface area contributed by atoms with Crippen LogP contribution in [0, 0.1) is 17.2 Å². The number of carbonyl (C=O) groups excluding carboxylic acids is 1. The number of nitriles is 1. The van der Waals surface area contributed by atoms with Gasteiger partial charge in [0.1, 0.15) is 6.04 Å². The second kappa shape index (κ2) is 3.02. The van der Waals surface area contributed by atoms with Crippen molar-refractivity contribution in [3.8, 4) is 6.07 Å². The molecule has 2 aliphatic rings. The van der Waals surface area contributed by atoms with Crippen molar-refractivity contribution in [1.29, 1.82) is 5.26 Å². The highest BCUT2D eigenvalue weighted by molar-refractivity contribution is 5.75. The van der Waals surface area contributed by atoms with E-state index in [0.717, 1.165) is 12.8 Å². The minimum atomic E-state index is -0.146. The smallest absolute Gasteiger partial charge is 0.220 e. The van der Waals surface area contributed by atoms with Gasteiger partial charge >= 0.3 is 0 Å². The van der Waals surface area contributed by atoms with Gasteiger partial charge < -0.3 is 4.90 Å². The summed E-state index contributed by atoms with van der Waals surface area (Å²) in [5.41, 5.74) is 0. The van der Waals surface area contributed by atoms with Gasteiger partial charge in [0.2, 0.25) is 5.91 Å². The molecule has 0 aromatic rings. The van der Waals surface area contributed by atoms with Gasteiger partial charge in [-0.25, -0.2) is 0 Å². The highest BCUT2D eigenvalue weighted by Gasteiger charge is 2.44. The normalized spacial score (nSPS) is 37.2. The maximum absolute atomic E-state index is 11.3. The molecule has 2 rings (SSSR count). The molecular formula is C10H14N2O. The molecule has 1 heterocycles. The Morgan fingerprint density at radius 3 is 2.92 bits per heavy atom. The zero-order valence-corrected chi connectivity index (χ0v) is 7.86. The first-order valence-electron chi connectivity index (χ1n) is 4.92. The first kappa shape index (κ1) is 8.55. The van der Waals surface area contributed by atoms with Crippen molar-refractivity contribution in [2.45, 2.75) is 44.7 Å². The Labute approximate surface area is 78.3 Å². The molecule has 1 aliphatic heterocycles. The fourth-order valence-electron chi connectivity index (χ4n) is 2.86. The number of hydrogen-bond acceptors (Lipinski definition) is 2. The maximum Gasteiger partial charge on any atom is 0.220 e. The highest BCUT2D eigenvalue weighted by atomic mass is 16.2. The van der Waals surface area contributed by atoms with E-state index >= 15 is 0 Å². The number of likely N-dealkylation sites (tertiary alicyclic amines) is 1. The number of nitrogens with zero attached hydrogens (tertiary/aromatic N) is 2. The van der Waals surface area contributed by atoms with Crippen LogP contribution in [0.1, 0.15) is 32.6 Å². The largest absolute Gasteiger partial charge is 0.324 e. The standard InChI is InChI=1S/C10H14N2O/c1-7(13)12-9(6-11)5-8-3-2-4-10(8)12/h8-10H,2-5H2,1H3/t8-,9+,10+/m0/s1. The van der Waals surface area contributed by atoms with Crippen molar-refractivity contribution in [1.82, 2.24) is 4.90 Å². The second-order valence-corrected chi connectivity index (χ2v) is 4.07.